The van der Waals surface area contributed by atoms with Gasteiger partial charge in [0.15, 0.2) is 9.84 Å². The van der Waals surface area contributed by atoms with Crippen LogP contribution < -0.4 is 10.6 Å². The van der Waals surface area contributed by atoms with Crippen molar-refractivity contribution in [1.29, 1.82) is 0 Å². The van der Waals surface area contributed by atoms with Crippen molar-refractivity contribution in [2.75, 3.05) is 11.1 Å². The summed E-state index contributed by atoms with van der Waals surface area (Å²) in [7, 11) is -3.20. The number of anilines is 1. The number of hydrogen-bond acceptors (Lipinski definition) is 3. The molecule has 0 spiro atoms. The molecule has 0 heterocycles. The van der Waals surface area contributed by atoms with Crippen molar-refractivity contribution in [3.05, 3.63) is 24.3 Å². The molecule has 1 aromatic rings. The minimum Gasteiger partial charge on any atom is -0.335 e. The van der Waals surface area contributed by atoms with E-state index in [1.165, 1.54) is 18.6 Å². The second kappa shape index (κ2) is 7.13. The van der Waals surface area contributed by atoms with Crippen LogP contribution in [0.1, 0.15) is 39.5 Å². The quantitative estimate of drug-likeness (QED) is 0.893. The lowest BCUT2D eigenvalue weighted by Crippen LogP contribution is -2.43. The molecule has 5 nitrogen and oxygen atoms in total. The number of hydrogen-bond donors (Lipinski definition) is 2. The molecule has 0 aliphatic heterocycles. The highest BCUT2D eigenvalue weighted by molar-refractivity contribution is 7.91. The fraction of sp³-hybridized carbons (Fsp3) is 0.562. The molecule has 0 unspecified atom stereocenters. The maximum absolute atomic E-state index is 12.0. The van der Waals surface area contributed by atoms with E-state index in [0.717, 1.165) is 19.3 Å². The molecule has 22 heavy (non-hydrogen) atoms. The predicted octanol–water partition coefficient (Wildman–Crippen LogP) is 3.18. The number of benzene rings is 1. The van der Waals surface area contributed by atoms with Gasteiger partial charge in [0.1, 0.15) is 0 Å². The molecule has 0 bridgehead atoms. The number of nitrogens with one attached hydrogen (secondary N) is 2. The van der Waals surface area contributed by atoms with E-state index in [0.29, 0.717) is 11.6 Å². The average Bonchev–Trinajstić information content (AvgIpc) is 2.50. The molecule has 6 heteroatoms. The highest BCUT2D eigenvalue weighted by Crippen LogP contribution is 2.23. The smallest absolute Gasteiger partial charge is 0.319 e. The van der Waals surface area contributed by atoms with Crippen LogP contribution in [0.2, 0.25) is 0 Å². The second-order valence-electron chi connectivity index (χ2n) is 5.89. The second-order valence-corrected chi connectivity index (χ2v) is 8.17. The van der Waals surface area contributed by atoms with Gasteiger partial charge in [-0.2, -0.15) is 0 Å². The van der Waals surface area contributed by atoms with Crippen LogP contribution in [0.25, 0.3) is 0 Å². The first-order valence-electron chi connectivity index (χ1n) is 7.82. The van der Waals surface area contributed by atoms with Gasteiger partial charge in [-0.1, -0.05) is 26.7 Å². The molecule has 1 aliphatic carbocycles. The van der Waals surface area contributed by atoms with E-state index in [4.69, 9.17) is 0 Å². The van der Waals surface area contributed by atoms with Gasteiger partial charge >= 0.3 is 6.03 Å². The molecular formula is C16H24N2O3S. The van der Waals surface area contributed by atoms with Gasteiger partial charge in [-0.3, -0.25) is 0 Å². The Morgan fingerprint density at radius 3 is 2.41 bits per heavy atom. The number of amides is 2. The Balaban J connectivity index is 1.94. The van der Waals surface area contributed by atoms with Gasteiger partial charge in [0.25, 0.3) is 0 Å². The molecule has 2 amide bonds. The topological polar surface area (TPSA) is 75.3 Å². The molecule has 1 fully saturated rings. The zero-order valence-electron chi connectivity index (χ0n) is 13.1. The molecule has 1 aliphatic rings. The Hall–Kier alpha value is -1.56. The van der Waals surface area contributed by atoms with Crippen LogP contribution >= 0.6 is 0 Å². The van der Waals surface area contributed by atoms with Crippen LogP contribution in [0, 0.1) is 5.92 Å². The van der Waals surface area contributed by atoms with Gasteiger partial charge in [-0.15, -0.1) is 0 Å². The molecule has 122 valence electrons. The van der Waals surface area contributed by atoms with Gasteiger partial charge in [-0.05, 0) is 43.0 Å². The van der Waals surface area contributed by atoms with Crippen LogP contribution in [0.5, 0.6) is 0 Å². The van der Waals surface area contributed by atoms with E-state index in [-0.39, 0.29) is 22.7 Å². The van der Waals surface area contributed by atoms with Gasteiger partial charge in [0.2, 0.25) is 0 Å². The van der Waals surface area contributed by atoms with Crippen LogP contribution in [-0.4, -0.2) is 26.2 Å². The summed E-state index contributed by atoms with van der Waals surface area (Å²) in [6.45, 7) is 3.77. The van der Waals surface area contributed by atoms with Gasteiger partial charge < -0.3 is 10.6 Å². The van der Waals surface area contributed by atoms with Crippen molar-refractivity contribution in [3.8, 4) is 0 Å². The Bertz CT molecular complexity index is 611. The maximum Gasteiger partial charge on any atom is 0.319 e. The van der Waals surface area contributed by atoms with E-state index >= 15 is 0 Å². The molecule has 0 saturated heterocycles. The average molecular weight is 324 g/mol. The van der Waals surface area contributed by atoms with Crippen molar-refractivity contribution < 1.29 is 13.2 Å². The zero-order valence-corrected chi connectivity index (χ0v) is 13.9. The third kappa shape index (κ3) is 4.22. The lowest BCUT2D eigenvalue weighted by Gasteiger charge is -2.29. The minimum atomic E-state index is -3.20. The lowest BCUT2D eigenvalue weighted by atomic mass is 9.86. The van der Waals surface area contributed by atoms with Crippen molar-refractivity contribution in [2.24, 2.45) is 5.92 Å². The van der Waals surface area contributed by atoms with Crippen molar-refractivity contribution >= 4 is 21.6 Å². The predicted molar refractivity (Wildman–Crippen MR) is 87.7 cm³/mol. The van der Waals surface area contributed by atoms with Crippen molar-refractivity contribution in [3.63, 3.8) is 0 Å². The van der Waals surface area contributed by atoms with Crippen LogP contribution in [-0.2, 0) is 9.84 Å². The monoisotopic (exact) mass is 324 g/mol. The largest absolute Gasteiger partial charge is 0.335 e. The molecule has 2 rings (SSSR count). The lowest BCUT2D eigenvalue weighted by molar-refractivity contribution is 0.232. The molecule has 2 N–H and O–H groups in total. The Morgan fingerprint density at radius 2 is 1.82 bits per heavy atom. The summed E-state index contributed by atoms with van der Waals surface area (Å²) in [5.74, 6) is 0.566. The molecule has 0 radical (unpaired) electrons. The summed E-state index contributed by atoms with van der Waals surface area (Å²) >= 11 is 0. The summed E-state index contributed by atoms with van der Waals surface area (Å²) < 4.78 is 23.5. The normalized spacial score (nSPS) is 22.1. The summed E-state index contributed by atoms with van der Waals surface area (Å²) in [6, 6.07) is 6.27. The van der Waals surface area contributed by atoms with Crippen LogP contribution in [0.3, 0.4) is 0 Å². The van der Waals surface area contributed by atoms with Crippen LogP contribution in [0.4, 0.5) is 10.5 Å². The minimum absolute atomic E-state index is 0.0693. The van der Waals surface area contributed by atoms with Gasteiger partial charge in [-0.25, -0.2) is 13.2 Å². The molecular weight excluding hydrogens is 300 g/mol. The highest BCUT2D eigenvalue weighted by Gasteiger charge is 2.22. The highest BCUT2D eigenvalue weighted by atomic mass is 32.2. The third-order valence-electron chi connectivity index (χ3n) is 4.28. The van der Waals surface area contributed by atoms with Crippen molar-refractivity contribution in [2.45, 2.75) is 50.5 Å². The standard InChI is InChI=1S/C16H24N2O3S/c1-3-22(20,21)14-10-8-13(9-11-14)17-16(19)18-15-7-5-4-6-12(15)2/h8-12,15H,3-7H2,1-2H3,(H2,17,18,19)/t12-,15+/m1/s1. The third-order valence-corrected chi connectivity index (χ3v) is 6.03. The van der Waals surface area contributed by atoms with E-state index < -0.39 is 9.84 Å². The first kappa shape index (κ1) is 16.8. The van der Waals surface area contributed by atoms with Gasteiger partial charge in [0.05, 0.1) is 10.6 Å². The summed E-state index contributed by atoms with van der Waals surface area (Å²) in [5, 5.41) is 5.77. The van der Waals surface area contributed by atoms with E-state index in [9.17, 15) is 13.2 Å². The summed E-state index contributed by atoms with van der Waals surface area (Å²) in [6.07, 6.45) is 4.55. The number of sulfone groups is 1. The SMILES string of the molecule is CCS(=O)(=O)c1ccc(NC(=O)N[C@H]2CCCC[C@H]2C)cc1. The fourth-order valence-corrected chi connectivity index (χ4v) is 3.66. The van der Waals surface area contributed by atoms with Crippen molar-refractivity contribution in [1.82, 2.24) is 5.32 Å². The number of rotatable bonds is 4. The Morgan fingerprint density at radius 1 is 1.18 bits per heavy atom. The Kier molecular flexibility index (Phi) is 5.45. The van der Waals surface area contributed by atoms with Gasteiger partial charge in [0, 0.05) is 11.7 Å². The Labute approximate surface area is 132 Å². The van der Waals surface area contributed by atoms with E-state index in [2.05, 4.69) is 17.6 Å². The van der Waals surface area contributed by atoms with E-state index in [1.54, 1.807) is 19.1 Å². The number of carbonyl (C=O) groups is 1. The summed E-state index contributed by atoms with van der Waals surface area (Å²) in [5.41, 5.74) is 0.594. The first-order valence-corrected chi connectivity index (χ1v) is 9.48. The maximum atomic E-state index is 12.0. The zero-order chi connectivity index (χ0) is 16.2. The fourth-order valence-electron chi connectivity index (χ4n) is 2.78. The van der Waals surface area contributed by atoms with Crippen LogP contribution in [0.15, 0.2) is 29.2 Å². The molecule has 0 aromatic heterocycles. The molecule has 1 aromatic carbocycles. The van der Waals surface area contributed by atoms with E-state index in [1.807, 2.05) is 0 Å². The first-order chi connectivity index (χ1) is 10.4. The number of carbonyl (C=O) groups excluding carboxylic acids is 1. The number of urea groups is 1. The summed E-state index contributed by atoms with van der Waals surface area (Å²) in [4.78, 5) is 12.3. The molecule has 2 atom stereocenters. The molecule has 1 saturated carbocycles.